The minimum Gasteiger partial charge on any atom is -0.384 e. The van der Waals surface area contributed by atoms with Crippen LogP contribution in [0.15, 0.2) is 54.9 Å². The third kappa shape index (κ3) is 5.04. The van der Waals surface area contributed by atoms with Gasteiger partial charge in [0.15, 0.2) is 0 Å². The smallest absolute Gasteiger partial charge is 0.223 e. The fourth-order valence-electron chi connectivity index (χ4n) is 4.41. The third-order valence-corrected chi connectivity index (χ3v) is 6.12. The number of hydrogen-bond donors (Lipinski definition) is 3. The number of benzene rings is 2. The Labute approximate surface area is 187 Å². The van der Waals surface area contributed by atoms with Gasteiger partial charge >= 0.3 is 0 Å². The summed E-state index contributed by atoms with van der Waals surface area (Å²) in [5.41, 5.74) is 4.57. The average Bonchev–Trinajstić information content (AvgIpc) is 3.46. The first-order chi connectivity index (χ1) is 15.5. The van der Waals surface area contributed by atoms with Gasteiger partial charge in [0.05, 0.1) is 6.20 Å². The Morgan fingerprint density at radius 1 is 1.31 bits per heavy atom. The second-order valence-corrected chi connectivity index (χ2v) is 8.44. The number of carbonyl (C=O) groups excluding carboxylic acids is 1. The number of hydrogen-bond acceptors (Lipinski definition) is 4. The zero-order valence-corrected chi connectivity index (χ0v) is 18.1. The second kappa shape index (κ2) is 9.77. The van der Waals surface area contributed by atoms with Crippen molar-refractivity contribution in [2.45, 2.75) is 32.2 Å². The van der Waals surface area contributed by atoms with Gasteiger partial charge in [-0.25, -0.2) is 4.39 Å². The first-order valence-electron chi connectivity index (χ1n) is 10.9. The van der Waals surface area contributed by atoms with Gasteiger partial charge in [-0.2, -0.15) is 5.10 Å². The standard InChI is InChI=1S/C25H28FN5O/c1-17-9-19(16-31(17)25(32)8-5-18-3-2-4-23(26)10-18)13-28-24-7-6-20(11-21(24)12-27)22-14-29-30-15-22/h2-4,6-7,10-12,14-15,17,19,27-28H,5,8-9,13,16H2,1H3,(H,29,30). The van der Waals surface area contributed by atoms with Crippen molar-refractivity contribution >= 4 is 17.8 Å². The normalized spacial score (nSPS) is 18.0. The highest BCUT2D eigenvalue weighted by Gasteiger charge is 2.31. The molecule has 1 amide bonds. The largest absolute Gasteiger partial charge is 0.384 e. The molecular formula is C25H28FN5O. The number of aromatic nitrogens is 2. The van der Waals surface area contributed by atoms with Gasteiger partial charge in [-0.1, -0.05) is 18.2 Å². The minimum absolute atomic E-state index is 0.119. The summed E-state index contributed by atoms with van der Waals surface area (Å²) in [6.07, 6.45) is 6.82. The number of nitrogens with zero attached hydrogens (tertiary/aromatic N) is 2. The molecule has 6 nitrogen and oxygen atoms in total. The van der Waals surface area contributed by atoms with Crippen molar-refractivity contribution in [1.29, 1.82) is 5.41 Å². The molecule has 0 radical (unpaired) electrons. The number of H-pyrrole nitrogens is 1. The number of aromatic amines is 1. The molecule has 4 rings (SSSR count). The number of likely N-dealkylation sites (tertiary alicyclic amines) is 1. The van der Waals surface area contributed by atoms with Crippen LogP contribution in [0.3, 0.4) is 0 Å². The van der Waals surface area contributed by atoms with Gasteiger partial charge in [0.2, 0.25) is 5.91 Å². The Kier molecular flexibility index (Phi) is 6.63. The zero-order valence-electron chi connectivity index (χ0n) is 18.1. The first kappa shape index (κ1) is 21.7. The van der Waals surface area contributed by atoms with Gasteiger partial charge in [-0.05, 0) is 61.1 Å². The number of amides is 1. The maximum atomic E-state index is 13.4. The van der Waals surface area contributed by atoms with Crippen LogP contribution < -0.4 is 5.32 Å². The topological polar surface area (TPSA) is 84.9 Å². The van der Waals surface area contributed by atoms with Gasteiger partial charge in [0.1, 0.15) is 5.82 Å². The fourth-order valence-corrected chi connectivity index (χ4v) is 4.41. The van der Waals surface area contributed by atoms with E-state index in [0.29, 0.717) is 25.3 Å². The summed E-state index contributed by atoms with van der Waals surface area (Å²) in [5, 5.41) is 18.0. The lowest BCUT2D eigenvalue weighted by Crippen LogP contribution is -2.34. The van der Waals surface area contributed by atoms with Crippen LogP contribution in [-0.4, -0.2) is 46.4 Å². The highest BCUT2D eigenvalue weighted by molar-refractivity contribution is 5.88. The molecule has 1 saturated heterocycles. The van der Waals surface area contributed by atoms with Gasteiger partial charge in [0.25, 0.3) is 0 Å². The lowest BCUT2D eigenvalue weighted by Gasteiger charge is -2.21. The lowest BCUT2D eigenvalue weighted by atomic mass is 10.0. The highest BCUT2D eigenvalue weighted by atomic mass is 19.1. The van der Waals surface area contributed by atoms with Gasteiger partial charge in [-0.15, -0.1) is 0 Å². The van der Waals surface area contributed by atoms with Crippen molar-refractivity contribution in [2.24, 2.45) is 5.92 Å². The molecule has 0 bridgehead atoms. The number of aryl methyl sites for hydroxylation is 1. The van der Waals surface area contributed by atoms with Crippen molar-refractivity contribution in [3.8, 4) is 11.1 Å². The predicted octanol–water partition coefficient (Wildman–Crippen LogP) is 4.50. The molecule has 2 atom stereocenters. The molecule has 1 aliphatic rings. The summed E-state index contributed by atoms with van der Waals surface area (Å²) in [6.45, 7) is 3.54. The van der Waals surface area contributed by atoms with E-state index in [0.717, 1.165) is 40.9 Å². The Morgan fingerprint density at radius 3 is 2.94 bits per heavy atom. The van der Waals surface area contributed by atoms with Crippen LogP contribution in [0.1, 0.15) is 30.9 Å². The van der Waals surface area contributed by atoms with Crippen molar-refractivity contribution < 1.29 is 9.18 Å². The molecule has 3 aromatic rings. The van der Waals surface area contributed by atoms with E-state index in [-0.39, 0.29) is 17.8 Å². The molecular weight excluding hydrogens is 405 g/mol. The maximum Gasteiger partial charge on any atom is 0.223 e. The molecule has 32 heavy (non-hydrogen) atoms. The summed E-state index contributed by atoms with van der Waals surface area (Å²) in [4.78, 5) is 14.7. The van der Waals surface area contributed by atoms with E-state index in [1.807, 2.05) is 35.4 Å². The van der Waals surface area contributed by atoms with Gasteiger partial charge in [-0.3, -0.25) is 9.89 Å². The van der Waals surface area contributed by atoms with Crippen LogP contribution in [-0.2, 0) is 11.2 Å². The first-order valence-corrected chi connectivity index (χ1v) is 10.9. The van der Waals surface area contributed by atoms with E-state index in [9.17, 15) is 9.18 Å². The molecule has 1 fully saturated rings. The summed E-state index contributed by atoms with van der Waals surface area (Å²) in [6, 6.07) is 12.6. The third-order valence-electron chi connectivity index (χ3n) is 6.12. The fraction of sp³-hybridized carbons (Fsp3) is 0.320. The van der Waals surface area contributed by atoms with Crippen LogP contribution in [0.4, 0.5) is 10.1 Å². The molecule has 166 valence electrons. The predicted molar refractivity (Wildman–Crippen MR) is 124 cm³/mol. The summed E-state index contributed by atoms with van der Waals surface area (Å²) in [7, 11) is 0. The maximum absolute atomic E-state index is 13.4. The molecule has 1 aliphatic heterocycles. The van der Waals surface area contributed by atoms with Gasteiger partial charge in [0, 0.05) is 54.8 Å². The van der Waals surface area contributed by atoms with E-state index in [2.05, 4.69) is 22.4 Å². The van der Waals surface area contributed by atoms with Crippen LogP contribution in [0.5, 0.6) is 0 Å². The SMILES string of the molecule is CC1CC(CNc2ccc(-c3cn[nH]c3)cc2C=N)CN1C(=O)CCc1cccc(F)c1. The molecule has 2 unspecified atom stereocenters. The molecule has 2 aromatic carbocycles. The summed E-state index contributed by atoms with van der Waals surface area (Å²) in [5.74, 6) is 0.196. The van der Waals surface area contributed by atoms with Crippen molar-refractivity contribution in [1.82, 2.24) is 15.1 Å². The van der Waals surface area contributed by atoms with E-state index in [1.54, 1.807) is 12.3 Å². The average molecular weight is 434 g/mol. The summed E-state index contributed by atoms with van der Waals surface area (Å²) < 4.78 is 13.4. The molecule has 0 saturated carbocycles. The van der Waals surface area contributed by atoms with Gasteiger partial charge < -0.3 is 15.6 Å². The van der Waals surface area contributed by atoms with E-state index in [4.69, 9.17) is 5.41 Å². The lowest BCUT2D eigenvalue weighted by molar-refractivity contribution is -0.131. The minimum atomic E-state index is -0.266. The monoisotopic (exact) mass is 433 g/mol. The van der Waals surface area contributed by atoms with Crippen molar-refractivity contribution in [3.63, 3.8) is 0 Å². The Balaban J connectivity index is 1.32. The van der Waals surface area contributed by atoms with Crippen LogP contribution in [0.25, 0.3) is 11.1 Å². The van der Waals surface area contributed by atoms with E-state index < -0.39 is 0 Å². The highest BCUT2D eigenvalue weighted by Crippen LogP contribution is 2.27. The van der Waals surface area contributed by atoms with Crippen molar-refractivity contribution in [2.75, 3.05) is 18.4 Å². The Morgan fingerprint density at radius 2 is 2.19 bits per heavy atom. The Hall–Kier alpha value is -3.48. The number of carbonyl (C=O) groups is 1. The van der Waals surface area contributed by atoms with Crippen LogP contribution in [0, 0.1) is 17.1 Å². The van der Waals surface area contributed by atoms with E-state index in [1.165, 1.54) is 18.3 Å². The number of rotatable bonds is 8. The molecule has 0 aliphatic carbocycles. The molecule has 3 N–H and O–H groups in total. The molecule has 1 aromatic heterocycles. The van der Waals surface area contributed by atoms with E-state index >= 15 is 0 Å². The molecule has 2 heterocycles. The quantitative estimate of drug-likeness (QED) is 0.458. The number of anilines is 1. The van der Waals surface area contributed by atoms with Crippen LogP contribution >= 0.6 is 0 Å². The second-order valence-electron chi connectivity index (χ2n) is 8.44. The molecule has 0 spiro atoms. The van der Waals surface area contributed by atoms with Crippen LogP contribution in [0.2, 0.25) is 0 Å². The Bertz CT molecular complexity index is 1080. The molecule has 7 heteroatoms. The number of halogens is 1. The number of nitrogens with one attached hydrogen (secondary N) is 3. The summed E-state index contributed by atoms with van der Waals surface area (Å²) >= 11 is 0. The zero-order chi connectivity index (χ0) is 22.5. The van der Waals surface area contributed by atoms with Crippen molar-refractivity contribution in [3.05, 3.63) is 71.8 Å².